The minimum atomic E-state index is -0.268. The second kappa shape index (κ2) is 11.9. The van der Waals surface area contributed by atoms with Gasteiger partial charge in [0.1, 0.15) is 5.16 Å². The van der Waals surface area contributed by atoms with E-state index in [0.29, 0.717) is 42.2 Å². The molecule has 41 heavy (non-hydrogen) atoms. The number of nitrogens with one attached hydrogen (secondary N) is 1. The Morgan fingerprint density at radius 1 is 1.22 bits per heavy atom. The van der Waals surface area contributed by atoms with Gasteiger partial charge in [-0.15, -0.1) is 0 Å². The van der Waals surface area contributed by atoms with Crippen molar-refractivity contribution in [3.63, 3.8) is 0 Å². The molecule has 214 valence electrons. The molecule has 0 radical (unpaired) electrons. The summed E-state index contributed by atoms with van der Waals surface area (Å²) in [4.78, 5) is 33.2. The number of amides is 2. The Morgan fingerprint density at radius 2 is 2.02 bits per heavy atom. The highest BCUT2D eigenvalue weighted by Gasteiger charge is 2.31. The van der Waals surface area contributed by atoms with Crippen molar-refractivity contribution in [3.05, 3.63) is 76.4 Å². The molecule has 5 rings (SSSR count). The van der Waals surface area contributed by atoms with E-state index in [9.17, 15) is 9.59 Å². The van der Waals surface area contributed by atoms with E-state index in [-0.39, 0.29) is 28.9 Å². The number of halogens is 2. The van der Waals surface area contributed by atoms with Crippen molar-refractivity contribution in [2.24, 2.45) is 24.5 Å². The van der Waals surface area contributed by atoms with Crippen LogP contribution in [0.5, 0.6) is 0 Å². The minimum Gasteiger partial charge on any atom is -0.388 e. The molecule has 5 N–H and O–H groups in total. The minimum absolute atomic E-state index is 0.0237. The van der Waals surface area contributed by atoms with Crippen LogP contribution >= 0.6 is 23.2 Å². The maximum absolute atomic E-state index is 13.7. The van der Waals surface area contributed by atoms with Gasteiger partial charge in [0.15, 0.2) is 0 Å². The molecule has 2 bridgehead atoms. The molecule has 2 aromatic heterocycles. The highest BCUT2D eigenvalue weighted by Crippen LogP contribution is 2.38. The van der Waals surface area contributed by atoms with Gasteiger partial charge in [-0.1, -0.05) is 36.5 Å². The zero-order valence-corrected chi connectivity index (χ0v) is 24.4. The molecule has 10 nitrogen and oxygen atoms in total. The Labute approximate surface area is 248 Å². The van der Waals surface area contributed by atoms with Gasteiger partial charge >= 0.3 is 0 Å². The molecule has 4 heterocycles. The van der Waals surface area contributed by atoms with Crippen LogP contribution in [-0.4, -0.2) is 38.0 Å². The third-order valence-electron chi connectivity index (χ3n) is 7.58. The number of carbonyl (C=O) groups excluding carboxylic acids is 2. The number of carbonyl (C=O) groups is 2. The zero-order chi connectivity index (χ0) is 29.3. The summed E-state index contributed by atoms with van der Waals surface area (Å²) in [5.41, 5.74) is 10.9. The van der Waals surface area contributed by atoms with Gasteiger partial charge < -0.3 is 16.0 Å². The fourth-order valence-corrected chi connectivity index (χ4v) is 5.76. The summed E-state index contributed by atoms with van der Waals surface area (Å²) in [6.07, 6.45) is 9.10. The second-order valence-corrected chi connectivity index (χ2v) is 11.2. The van der Waals surface area contributed by atoms with E-state index >= 15 is 0 Å². The van der Waals surface area contributed by atoms with Crippen molar-refractivity contribution in [2.75, 3.05) is 16.9 Å². The molecular formula is C29H32Cl2N8O2. The van der Waals surface area contributed by atoms with Gasteiger partial charge in [0.05, 0.1) is 41.2 Å². The largest absolute Gasteiger partial charge is 0.388 e. The number of nitrogens with two attached hydrogens (primary N) is 2. The molecule has 1 aromatic carbocycles. The average molecular weight is 596 g/mol. The summed E-state index contributed by atoms with van der Waals surface area (Å²) >= 11 is 12.2. The predicted octanol–water partition coefficient (Wildman–Crippen LogP) is 4.93. The van der Waals surface area contributed by atoms with E-state index in [1.54, 1.807) is 41.4 Å². The third kappa shape index (κ3) is 6.09. The normalized spacial score (nSPS) is 20.0. The van der Waals surface area contributed by atoms with E-state index < -0.39 is 0 Å². The van der Waals surface area contributed by atoms with Crippen molar-refractivity contribution in [1.82, 2.24) is 19.7 Å². The van der Waals surface area contributed by atoms with Gasteiger partial charge in [0.25, 0.3) is 0 Å². The first-order chi connectivity index (χ1) is 19.6. The van der Waals surface area contributed by atoms with E-state index in [1.807, 2.05) is 31.0 Å². The molecule has 2 amide bonds. The molecule has 0 saturated heterocycles. The number of rotatable bonds is 4. The van der Waals surface area contributed by atoms with Crippen LogP contribution in [-0.2, 0) is 16.6 Å². The number of aromatic nitrogens is 3. The average Bonchev–Trinajstić information content (AvgIpc) is 3.29. The zero-order valence-electron chi connectivity index (χ0n) is 22.8. The molecule has 0 spiro atoms. The highest BCUT2D eigenvalue weighted by atomic mass is 35.5. The summed E-state index contributed by atoms with van der Waals surface area (Å²) in [6.45, 7) is 2.39. The first kappa shape index (κ1) is 28.7. The monoisotopic (exact) mass is 594 g/mol. The quantitative estimate of drug-likeness (QED) is 0.221. The fourth-order valence-electron chi connectivity index (χ4n) is 5.49. The van der Waals surface area contributed by atoms with E-state index in [0.717, 1.165) is 34.5 Å². The van der Waals surface area contributed by atoms with Crippen molar-refractivity contribution in [1.29, 1.82) is 0 Å². The Bertz CT molecular complexity index is 1550. The number of anilines is 2. The molecule has 0 saturated carbocycles. The number of hydrogen-bond acceptors (Lipinski definition) is 7. The first-order valence-electron chi connectivity index (χ1n) is 13.4. The molecule has 2 aliphatic heterocycles. The first-order valence-corrected chi connectivity index (χ1v) is 14.1. The van der Waals surface area contributed by atoms with Crippen LogP contribution in [0.2, 0.25) is 5.02 Å². The van der Waals surface area contributed by atoms with Crippen molar-refractivity contribution >= 4 is 52.0 Å². The number of hydrazine groups is 1. The lowest BCUT2D eigenvalue weighted by Gasteiger charge is -2.35. The van der Waals surface area contributed by atoms with Crippen LogP contribution in [0.1, 0.15) is 49.9 Å². The third-order valence-corrected chi connectivity index (χ3v) is 7.91. The van der Waals surface area contributed by atoms with Crippen molar-refractivity contribution < 1.29 is 9.59 Å². The fraction of sp³-hybridized carbons (Fsp3) is 0.310. The SMILES string of the molecule is C[C@@H]1CCC[C@H](N2CCC(c3cc(Cl)ccc3N(N)/C=C(\N)Cl)=CC2=O)c2cc(ccn2)-c2c(cnn2C)NC1=O. The van der Waals surface area contributed by atoms with Crippen LogP contribution in [0, 0.1) is 5.92 Å². The van der Waals surface area contributed by atoms with Gasteiger partial charge in [-0.3, -0.25) is 24.3 Å². The van der Waals surface area contributed by atoms with E-state index in [2.05, 4.69) is 10.4 Å². The van der Waals surface area contributed by atoms with Crippen LogP contribution in [0.4, 0.5) is 11.4 Å². The maximum Gasteiger partial charge on any atom is 0.247 e. The molecular weight excluding hydrogens is 563 g/mol. The van der Waals surface area contributed by atoms with Gasteiger partial charge in [-0.05, 0) is 55.2 Å². The Balaban J connectivity index is 1.51. The molecule has 0 aliphatic carbocycles. The topological polar surface area (TPSA) is 135 Å². The lowest BCUT2D eigenvalue weighted by atomic mass is 9.93. The Hall–Kier alpha value is -3.86. The highest BCUT2D eigenvalue weighted by molar-refractivity contribution is 6.31. The maximum atomic E-state index is 13.7. The summed E-state index contributed by atoms with van der Waals surface area (Å²) in [5.74, 6) is 5.81. The lowest BCUT2D eigenvalue weighted by molar-refractivity contribution is -0.129. The van der Waals surface area contributed by atoms with Crippen LogP contribution in [0.15, 0.2) is 60.2 Å². The smallest absolute Gasteiger partial charge is 0.247 e. The number of hydrogen-bond donors (Lipinski definition) is 3. The van der Waals surface area contributed by atoms with Gasteiger partial charge in [-0.2, -0.15) is 5.10 Å². The molecule has 2 aliphatic rings. The number of aryl methyl sites for hydroxylation is 1. The van der Waals surface area contributed by atoms with Gasteiger partial charge in [0, 0.05) is 47.9 Å². The summed E-state index contributed by atoms with van der Waals surface area (Å²) in [5, 5.41) is 9.26. The standard InChI is InChI=1S/C29H32Cl2N8O2/c1-17-4-3-5-25(22-12-19(8-10-34-22)28-23(36-29(17)41)15-35-37(28)2)38-11-9-18(13-27(38)40)21-14-20(30)6-7-24(21)39(33)16-26(31)32/h6-8,10,12-17,25H,3-5,9,11,32-33H2,1-2H3,(H,36,41)/b26-16-/t17-,25+/m1/s1. The van der Waals surface area contributed by atoms with E-state index in [4.69, 9.17) is 39.8 Å². The van der Waals surface area contributed by atoms with Crippen molar-refractivity contribution in [3.8, 4) is 11.3 Å². The van der Waals surface area contributed by atoms with Crippen LogP contribution in [0.3, 0.4) is 0 Å². The predicted molar refractivity (Wildman–Crippen MR) is 161 cm³/mol. The number of fused-ring (bicyclic) bond motifs is 4. The number of nitrogens with zero attached hydrogens (tertiary/aromatic N) is 5. The van der Waals surface area contributed by atoms with E-state index in [1.165, 1.54) is 11.2 Å². The molecule has 3 aromatic rings. The van der Waals surface area contributed by atoms with Gasteiger partial charge in [0.2, 0.25) is 11.8 Å². The summed E-state index contributed by atoms with van der Waals surface area (Å²) in [7, 11) is 1.84. The lowest BCUT2D eigenvalue weighted by Crippen LogP contribution is -2.38. The molecule has 12 heteroatoms. The number of benzene rings is 1. The summed E-state index contributed by atoms with van der Waals surface area (Å²) in [6, 6.07) is 8.86. The van der Waals surface area contributed by atoms with Crippen LogP contribution < -0.4 is 21.9 Å². The molecule has 0 unspecified atom stereocenters. The molecule has 2 atom stereocenters. The second-order valence-electron chi connectivity index (χ2n) is 10.4. The van der Waals surface area contributed by atoms with Crippen molar-refractivity contribution in [2.45, 2.75) is 38.6 Å². The number of pyridine rings is 1. The van der Waals surface area contributed by atoms with Crippen LogP contribution in [0.25, 0.3) is 16.8 Å². The van der Waals surface area contributed by atoms with Gasteiger partial charge in [-0.25, -0.2) is 5.84 Å². The Kier molecular flexibility index (Phi) is 8.35. The Morgan fingerprint density at radius 3 is 2.78 bits per heavy atom. The molecule has 0 fully saturated rings. The summed E-state index contributed by atoms with van der Waals surface area (Å²) < 4.78 is 1.73.